The van der Waals surface area contributed by atoms with E-state index >= 15 is 0 Å². The molecule has 1 fully saturated rings. The molecule has 5 rings (SSSR count). The predicted octanol–water partition coefficient (Wildman–Crippen LogP) is 5.32. The largest absolute Gasteiger partial charge is 0.361 e. The highest BCUT2D eigenvalue weighted by Gasteiger charge is 2.19. The van der Waals surface area contributed by atoms with E-state index in [1.807, 2.05) is 30.5 Å². The summed E-state index contributed by atoms with van der Waals surface area (Å²) in [6.45, 7) is 5.13. The Morgan fingerprint density at radius 1 is 1.10 bits per heavy atom. The maximum atomic E-state index is 13.5. The minimum absolute atomic E-state index is 0.174. The van der Waals surface area contributed by atoms with Gasteiger partial charge in [0.15, 0.2) is 5.13 Å². The number of aromatic nitrogens is 2. The zero-order valence-electron chi connectivity index (χ0n) is 16.0. The summed E-state index contributed by atoms with van der Waals surface area (Å²) in [6, 6.07) is 10.8. The maximum Gasteiger partial charge on any atom is 0.186 e. The lowest BCUT2D eigenvalue weighted by Gasteiger charge is -2.34. The number of H-pyrrole nitrogens is 1. The number of fused-ring (bicyclic) bond motifs is 2. The SMILES string of the molecule is Fc1ccc2[nH]cc(CCCN3CCN(c4nc5cc(Cl)ccc5s4)CC3)c2c1. The molecule has 2 aromatic carbocycles. The summed E-state index contributed by atoms with van der Waals surface area (Å²) in [5.74, 6) is -0.174. The zero-order chi connectivity index (χ0) is 19.8. The summed E-state index contributed by atoms with van der Waals surface area (Å²) < 4.78 is 14.7. The van der Waals surface area contributed by atoms with Crippen LogP contribution in [0, 0.1) is 5.82 Å². The number of aryl methyl sites for hydroxylation is 1. The molecule has 0 atom stereocenters. The molecule has 0 amide bonds. The summed E-state index contributed by atoms with van der Waals surface area (Å²) in [5.41, 5.74) is 3.19. The molecule has 4 aromatic rings. The fraction of sp³-hybridized carbons (Fsp3) is 0.318. The minimum atomic E-state index is -0.174. The first-order chi connectivity index (χ1) is 14.2. The first-order valence-electron chi connectivity index (χ1n) is 9.95. The lowest BCUT2D eigenvalue weighted by atomic mass is 10.1. The second-order valence-electron chi connectivity index (χ2n) is 7.54. The van der Waals surface area contributed by atoms with Crippen LogP contribution in [0.5, 0.6) is 0 Å². The smallest absolute Gasteiger partial charge is 0.186 e. The fourth-order valence-electron chi connectivity index (χ4n) is 4.04. The molecule has 0 radical (unpaired) electrons. The minimum Gasteiger partial charge on any atom is -0.361 e. The van der Waals surface area contributed by atoms with Crippen molar-refractivity contribution in [2.75, 3.05) is 37.6 Å². The maximum absolute atomic E-state index is 13.5. The lowest BCUT2D eigenvalue weighted by Crippen LogP contribution is -2.46. The van der Waals surface area contributed by atoms with Crippen molar-refractivity contribution in [3.05, 3.63) is 59.0 Å². The van der Waals surface area contributed by atoms with Crippen molar-refractivity contribution >= 4 is 49.2 Å². The van der Waals surface area contributed by atoms with E-state index in [1.165, 1.54) is 16.3 Å². The molecule has 7 heteroatoms. The standard InChI is InChI=1S/C22H22ClFN4S/c23-16-3-6-21-20(12-16)26-22(29-21)28-10-8-27(9-11-28)7-1-2-15-14-25-19-5-4-17(24)13-18(15)19/h3-6,12-14,25H,1-2,7-11H2. The van der Waals surface area contributed by atoms with Gasteiger partial charge in [-0.25, -0.2) is 9.37 Å². The third-order valence-electron chi connectivity index (χ3n) is 5.63. The number of aromatic amines is 1. The van der Waals surface area contributed by atoms with Crippen LogP contribution in [0.2, 0.25) is 5.02 Å². The third kappa shape index (κ3) is 3.97. The monoisotopic (exact) mass is 428 g/mol. The average Bonchev–Trinajstić information content (AvgIpc) is 3.32. The van der Waals surface area contributed by atoms with Crippen LogP contribution in [-0.2, 0) is 6.42 Å². The molecule has 0 saturated carbocycles. The first kappa shape index (κ1) is 18.9. The van der Waals surface area contributed by atoms with Crippen LogP contribution in [-0.4, -0.2) is 47.6 Å². The molecule has 2 aromatic heterocycles. The molecule has 0 spiro atoms. The quantitative estimate of drug-likeness (QED) is 0.467. The Balaban J connectivity index is 1.15. The van der Waals surface area contributed by atoms with Crippen molar-refractivity contribution in [1.29, 1.82) is 0 Å². The van der Waals surface area contributed by atoms with Crippen molar-refractivity contribution in [3.63, 3.8) is 0 Å². The Morgan fingerprint density at radius 3 is 2.83 bits per heavy atom. The molecule has 1 saturated heterocycles. The van der Waals surface area contributed by atoms with Crippen molar-refractivity contribution in [2.45, 2.75) is 12.8 Å². The van der Waals surface area contributed by atoms with Crippen LogP contribution in [0.25, 0.3) is 21.1 Å². The van der Waals surface area contributed by atoms with Crippen LogP contribution in [0.4, 0.5) is 9.52 Å². The highest BCUT2D eigenvalue weighted by Crippen LogP contribution is 2.31. The number of anilines is 1. The van der Waals surface area contributed by atoms with Gasteiger partial charge in [-0.3, -0.25) is 4.90 Å². The Hall–Kier alpha value is -2.15. The third-order valence-corrected chi connectivity index (χ3v) is 6.96. The van der Waals surface area contributed by atoms with E-state index in [1.54, 1.807) is 17.4 Å². The number of piperazine rings is 1. The van der Waals surface area contributed by atoms with Gasteiger partial charge < -0.3 is 9.88 Å². The van der Waals surface area contributed by atoms with E-state index in [0.29, 0.717) is 0 Å². The van der Waals surface area contributed by atoms with Gasteiger partial charge in [-0.2, -0.15) is 0 Å². The van der Waals surface area contributed by atoms with Gasteiger partial charge in [-0.15, -0.1) is 0 Å². The molecule has 150 valence electrons. The highest BCUT2D eigenvalue weighted by atomic mass is 35.5. The summed E-state index contributed by atoms with van der Waals surface area (Å²) in [6.07, 6.45) is 4.05. The van der Waals surface area contributed by atoms with Crippen molar-refractivity contribution < 1.29 is 4.39 Å². The van der Waals surface area contributed by atoms with E-state index in [-0.39, 0.29) is 5.82 Å². The van der Waals surface area contributed by atoms with Crippen molar-refractivity contribution in [1.82, 2.24) is 14.9 Å². The molecule has 0 aliphatic carbocycles. The molecule has 1 N–H and O–H groups in total. The van der Waals surface area contributed by atoms with Crippen LogP contribution in [0.1, 0.15) is 12.0 Å². The number of hydrogen-bond acceptors (Lipinski definition) is 4. The predicted molar refractivity (Wildman–Crippen MR) is 120 cm³/mol. The molecule has 0 bridgehead atoms. The van der Waals surface area contributed by atoms with Crippen molar-refractivity contribution in [3.8, 4) is 0 Å². The van der Waals surface area contributed by atoms with Gasteiger partial charge in [0.25, 0.3) is 0 Å². The van der Waals surface area contributed by atoms with E-state index in [9.17, 15) is 4.39 Å². The molecule has 4 nitrogen and oxygen atoms in total. The molecular weight excluding hydrogens is 407 g/mol. The highest BCUT2D eigenvalue weighted by molar-refractivity contribution is 7.22. The van der Waals surface area contributed by atoms with Gasteiger partial charge in [0, 0.05) is 48.3 Å². The first-order valence-corrected chi connectivity index (χ1v) is 11.1. The van der Waals surface area contributed by atoms with E-state index in [4.69, 9.17) is 16.6 Å². The second-order valence-corrected chi connectivity index (χ2v) is 8.99. The molecule has 29 heavy (non-hydrogen) atoms. The van der Waals surface area contributed by atoms with Gasteiger partial charge in [0.2, 0.25) is 0 Å². The van der Waals surface area contributed by atoms with Crippen LogP contribution in [0.15, 0.2) is 42.6 Å². The summed E-state index contributed by atoms with van der Waals surface area (Å²) in [4.78, 5) is 12.9. The van der Waals surface area contributed by atoms with E-state index in [2.05, 4.69) is 14.8 Å². The number of thiazole rings is 1. The number of benzene rings is 2. The number of halogens is 2. The summed E-state index contributed by atoms with van der Waals surface area (Å²) in [5, 5.41) is 2.82. The molecule has 0 unspecified atom stereocenters. The summed E-state index contributed by atoms with van der Waals surface area (Å²) >= 11 is 7.82. The van der Waals surface area contributed by atoms with Crippen LogP contribution < -0.4 is 4.90 Å². The van der Waals surface area contributed by atoms with E-state index in [0.717, 1.165) is 72.1 Å². The van der Waals surface area contributed by atoms with Gasteiger partial charge in [-0.05, 0) is 61.3 Å². The van der Waals surface area contributed by atoms with Gasteiger partial charge in [0.1, 0.15) is 5.82 Å². The number of rotatable bonds is 5. The van der Waals surface area contributed by atoms with Crippen molar-refractivity contribution in [2.24, 2.45) is 0 Å². The Morgan fingerprint density at radius 2 is 1.97 bits per heavy atom. The number of hydrogen-bond donors (Lipinski definition) is 1. The normalized spacial score (nSPS) is 15.6. The number of nitrogens with zero attached hydrogens (tertiary/aromatic N) is 3. The molecule has 1 aliphatic rings. The Kier molecular flexibility index (Phi) is 5.16. The molecular formula is C22H22ClFN4S. The van der Waals surface area contributed by atoms with Gasteiger partial charge >= 0.3 is 0 Å². The fourth-order valence-corrected chi connectivity index (χ4v) is 5.20. The average molecular weight is 429 g/mol. The van der Waals surface area contributed by atoms with E-state index < -0.39 is 0 Å². The van der Waals surface area contributed by atoms with Crippen LogP contribution >= 0.6 is 22.9 Å². The van der Waals surface area contributed by atoms with Gasteiger partial charge in [0.05, 0.1) is 10.2 Å². The number of nitrogens with one attached hydrogen (secondary N) is 1. The second kappa shape index (κ2) is 7.94. The topological polar surface area (TPSA) is 35.2 Å². The Bertz CT molecular complexity index is 1150. The molecule has 1 aliphatic heterocycles. The van der Waals surface area contributed by atoms with Gasteiger partial charge in [-0.1, -0.05) is 22.9 Å². The Labute approximate surface area is 177 Å². The van der Waals surface area contributed by atoms with Crippen LogP contribution in [0.3, 0.4) is 0 Å². The lowest BCUT2D eigenvalue weighted by molar-refractivity contribution is 0.255. The molecule has 3 heterocycles. The zero-order valence-corrected chi connectivity index (χ0v) is 17.6. The summed E-state index contributed by atoms with van der Waals surface area (Å²) in [7, 11) is 0.